The first-order valence-electron chi connectivity index (χ1n) is 7.21. The molecule has 1 atom stereocenters. The Morgan fingerprint density at radius 2 is 2.05 bits per heavy atom. The molecule has 0 spiro atoms. The second-order valence-electron chi connectivity index (χ2n) is 5.09. The molecule has 1 aliphatic rings. The lowest BCUT2D eigenvalue weighted by atomic mass is 9.91. The molecule has 1 saturated heterocycles. The maximum absolute atomic E-state index is 12.4. The van der Waals surface area contributed by atoms with Crippen molar-refractivity contribution in [1.29, 1.82) is 0 Å². The van der Waals surface area contributed by atoms with Gasteiger partial charge in [0.2, 0.25) is 0 Å². The molecule has 8 heteroatoms. The molecule has 2 N–H and O–H groups in total. The van der Waals surface area contributed by atoms with Crippen LogP contribution in [0.5, 0.6) is 0 Å². The molecule has 0 radical (unpaired) electrons. The number of ether oxygens (including phenoxy) is 1. The molecule has 0 saturated carbocycles. The summed E-state index contributed by atoms with van der Waals surface area (Å²) in [6, 6.07) is -0.272. The summed E-state index contributed by atoms with van der Waals surface area (Å²) in [5.74, 6) is -0.827. The van der Waals surface area contributed by atoms with Crippen molar-refractivity contribution < 1.29 is 27.8 Å². The standard InChI is InChI=1S/C13H23F3N2O3/c1-2-21-9-3-6-17-12(20)18-7-4-10(5-8-18)11(19)13(14,15)16/h10-11,19H,2-9H2,1H3,(H,17,20). The molecule has 0 aliphatic carbocycles. The van der Waals surface area contributed by atoms with Crippen LogP contribution in [-0.4, -0.2) is 61.2 Å². The lowest BCUT2D eigenvalue weighted by Crippen LogP contribution is -2.48. The highest BCUT2D eigenvalue weighted by molar-refractivity contribution is 5.74. The van der Waals surface area contributed by atoms with Gasteiger partial charge in [0.1, 0.15) is 0 Å². The summed E-state index contributed by atoms with van der Waals surface area (Å²) in [5.41, 5.74) is 0. The summed E-state index contributed by atoms with van der Waals surface area (Å²) in [5, 5.41) is 11.9. The van der Waals surface area contributed by atoms with Crippen LogP contribution in [-0.2, 0) is 4.74 Å². The van der Waals surface area contributed by atoms with Gasteiger partial charge >= 0.3 is 12.2 Å². The summed E-state index contributed by atoms with van der Waals surface area (Å²) in [6.07, 6.45) is -5.87. The molecule has 0 bridgehead atoms. The van der Waals surface area contributed by atoms with Crippen molar-refractivity contribution in [2.45, 2.75) is 38.5 Å². The average Bonchev–Trinajstić information content (AvgIpc) is 2.45. The molecule has 0 aromatic rings. The molecule has 2 amide bonds. The van der Waals surface area contributed by atoms with E-state index < -0.39 is 18.2 Å². The fraction of sp³-hybridized carbons (Fsp3) is 0.923. The van der Waals surface area contributed by atoms with Gasteiger partial charge in [-0.05, 0) is 32.1 Å². The van der Waals surface area contributed by atoms with Gasteiger partial charge in [-0.15, -0.1) is 0 Å². The number of halogens is 3. The van der Waals surface area contributed by atoms with E-state index in [1.807, 2.05) is 6.92 Å². The Hall–Kier alpha value is -1.02. The van der Waals surface area contributed by atoms with Gasteiger partial charge < -0.3 is 20.1 Å². The molecular formula is C13H23F3N2O3. The lowest BCUT2D eigenvalue weighted by Gasteiger charge is -2.34. The highest BCUT2D eigenvalue weighted by Gasteiger charge is 2.44. The van der Waals surface area contributed by atoms with Crippen LogP contribution in [0, 0.1) is 5.92 Å². The van der Waals surface area contributed by atoms with Crippen LogP contribution >= 0.6 is 0 Å². The number of carbonyl (C=O) groups excluding carboxylic acids is 1. The number of nitrogens with zero attached hydrogens (tertiary/aromatic N) is 1. The van der Waals surface area contributed by atoms with Crippen molar-refractivity contribution in [2.24, 2.45) is 5.92 Å². The third-order valence-corrected chi connectivity index (χ3v) is 3.55. The first-order chi connectivity index (χ1) is 9.86. The van der Waals surface area contributed by atoms with E-state index in [9.17, 15) is 23.1 Å². The van der Waals surface area contributed by atoms with Crippen molar-refractivity contribution in [1.82, 2.24) is 10.2 Å². The van der Waals surface area contributed by atoms with Gasteiger partial charge in [-0.2, -0.15) is 13.2 Å². The minimum Gasteiger partial charge on any atom is -0.383 e. The number of amides is 2. The van der Waals surface area contributed by atoms with Crippen LogP contribution in [0.4, 0.5) is 18.0 Å². The SMILES string of the molecule is CCOCCCNC(=O)N1CCC(C(O)C(F)(F)F)CC1. The predicted octanol–water partition coefficient (Wildman–Crippen LogP) is 1.76. The number of hydrogen-bond acceptors (Lipinski definition) is 3. The van der Waals surface area contributed by atoms with Gasteiger partial charge in [0.15, 0.2) is 6.10 Å². The molecule has 1 unspecified atom stereocenters. The summed E-state index contributed by atoms with van der Waals surface area (Å²) in [4.78, 5) is 13.3. The van der Waals surface area contributed by atoms with Crippen LogP contribution < -0.4 is 5.32 Å². The van der Waals surface area contributed by atoms with E-state index in [0.29, 0.717) is 26.2 Å². The number of hydrogen-bond donors (Lipinski definition) is 2. The Morgan fingerprint density at radius 3 is 2.57 bits per heavy atom. The van der Waals surface area contributed by atoms with Gasteiger partial charge in [-0.1, -0.05) is 0 Å². The van der Waals surface area contributed by atoms with Gasteiger partial charge in [0, 0.05) is 32.8 Å². The maximum atomic E-state index is 12.4. The first-order valence-corrected chi connectivity index (χ1v) is 7.21. The minimum absolute atomic E-state index is 0.160. The Labute approximate surface area is 122 Å². The van der Waals surface area contributed by atoms with E-state index >= 15 is 0 Å². The van der Waals surface area contributed by atoms with Gasteiger partial charge in [0.05, 0.1) is 0 Å². The van der Waals surface area contributed by atoms with Gasteiger partial charge in [0.25, 0.3) is 0 Å². The van der Waals surface area contributed by atoms with Crippen LogP contribution in [0.1, 0.15) is 26.2 Å². The fourth-order valence-corrected chi connectivity index (χ4v) is 2.31. The summed E-state index contributed by atoms with van der Waals surface area (Å²) in [7, 11) is 0. The highest BCUT2D eigenvalue weighted by atomic mass is 19.4. The molecule has 0 aromatic heterocycles. The molecule has 124 valence electrons. The number of rotatable bonds is 6. The minimum atomic E-state index is -4.59. The number of piperidine rings is 1. The largest absolute Gasteiger partial charge is 0.414 e. The lowest BCUT2D eigenvalue weighted by molar-refractivity contribution is -0.222. The zero-order valence-corrected chi connectivity index (χ0v) is 12.2. The van der Waals surface area contributed by atoms with E-state index in [-0.39, 0.29) is 32.0 Å². The molecule has 0 aromatic carbocycles. The Bertz CT molecular complexity index is 318. The predicted molar refractivity (Wildman–Crippen MR) is 70.9 cm³/mol. The highest BCUT2D eigenvalue weighted by Crippen LogP contribution is 2.31. The number of alkyl halides is 3. The van der Waals surface area contributed by atoms with Crippen molar-refractivity contribution in [3.05, 3.63) is 0 Å². The second-order valence-corrected chi connectivity index (χ2v) is 5.09. The van der Waals surface area contributed by atoms with E-state index in [1.165, 1.54) is 4.90 Å². The monoisotopic (exact) mass is 312 g/mol. The van der Waals surface area contributed by atoms with Crippen LogP contribution in [0.2, 0.25) is 0 Å². The van der Waals surface area contributed by atoms with Gasteiger partial charge in [-0.25, -0.2) is 4.79 Å². The third-order valence-electron chi connectivity index (χ3n) is 3.55. The van der Waals surface area contributed by atoms with Crippen LogP contribution in [0.3, 0.4) is 0 Å². The normalized spacial score (nSPS) is 18.6. The topological polar surface area (TPSA) is 61.8 Å². The van der Waals surface area contributed by atoms with Crippen molar-refractivity contribution >= 4 is 6.03 Å². The number of nitrogens with one attached hydrogen (secondary N) is 1. The zero-order chi connectivity index (χ0) is 15.9. The molecule has 1 heterocycles. The molecule has 21 heavy (non-hydrogen) atoms. The quantitative estimate of drug-likeness (QED) is 0.735. The van der Waals surface area contributed by atoms with E-state index in [4.69, 9.17) is 4.74 Å². The number of carbonyl (C=O) groups is 1. The molecule has 5 nitrogen and oxygen atoms in total. The van der Waals surface area contributed by atoms with Crippen molar-refractivity contribution in [3.8, 4) is 0 Å². The summed E-state index contributed by atoms with van der Waals surface area (Å²) >= 11 is 0. The molecule has 1 rings (SSSR count). The smallest absolute Gasteiger partial charge is 0.383 e. The van der Waals surface area contributed by atoms with Gasteiger partial charge in [-0.3, -0.25) is 0 Å². The Balaban J connectivity index is 2.24. The number of aliphatic hydroxyl groups is 1. The summed E-state index contributed by atoms with van der Waals surface area (Å²) < 4.78 is 42.3. The number of likely N-dealkylation sites (tertiary alicyclic amines) is 1. The Kier molecular flexibility index (Phi) is 7.24. The number of aliphatic hydroxyl groups excluding tert-OH is 1. The number of urea groups is 1. The fourth-order valence-electron chi connectivity index (χ4n) is 2.31. The Morgan fingerprint density at radius 1 is 1.43 bits per heavy atom. The first kappa shape index (κ1) is 18.0. The zero-order valence-electron chi connectivity index (χ0n) is 12.2. The molecule has 1 aliphatic heterocycles. The maximum Gasteiger partial charge on any atom is 0.414 e. The van der Waals surface area contributed by atoms with Crippen molar-refractivity contribution in [2.75, 3.05) is 32.8 Å². The van der Waals surface area contributed by atoms with Crippen molar-refractivity contribution in [3.63, 3.8) is 0 Å². The molecule has 1 fully saturated rings. The van der Waals surface area contributed by atoms with E-state index in [0.717, 1.165) is 0 Å². The van der Waals surface area contributed by atoms with E-state index in [2.05, 4.69) is 5.32 Å². The second kappa shape index (κ2) is 8.43. The third kappa shape index (κ3) is 6.09. The van der Waals surface area contributed by atoms with E-state index in [1.54, 1.807) is 0 Å². The average molecular weight is 312 g/mol. The van der Waals surface area contributed by atoms with Crippen LogP contribution in [0.15, 0.2) is 0 Å². The molecular weight excluding hydrogens is 289 g/mol. The van der Waals surface area contributed by atoms with Crippen LogP contribution in [0.25, 0.3) is 0 Å². The summed E-state index contributed by atoms with van der Waals surface area (Å²) in [6.45, 7) is 4.02.